The van der Waals surface area contributed by atoms with Crippen molar-refractivity contribution in [1.82, 2.24) is 14.6 Å². The van der Waals surface area contributed by atoms with E-state index >= 15 is 0 Å². The zero-order valence-corrected chi connectivity index (χ0v) is 15.7. The van der Waals surface area contributed by atoms with E-state index in [1.54, 1.807) is 0 Å². The van der Waals surface area contributed by atoms with Gasteiger partial charge in [0.05, 0.1) is 30.6 Å². The number of aromatic nitrogens is 3. The van der Waals surface area contributed by atoms with Crippen molar-refractivity contribution in [3.05, 3.63) is 42.6 Å². The molecule has 2 aromatic heterocycles. The van der Waals surface area contributed by atoms with Gasteiger partial charge in [-0.2, -0.15) is 0 Å². The Morgan fingerprint density at radius 2 is 1.96 bits per heavy atom. The standard InChI is InChI=1S/C20H26N4O2/c1-13(2)17(12-25)22-19-8-9-20-21-11-18(24(20)23-19)15-6-5-7-16(10-15)26-14(3)4/h5-11,13-14,17,25H,12H2,1-4H3,(H,22,23)/t17-/m1/s1. The molecular weight excluding hydrogens is 328 g/mol. The molecule has 0 spiro atoms. The lowest BCUT2D eigenvalue weighted by Crippen LogP contribution is -2.30. The average Bonchev–Trinajstić information content (AvgIpc) is 3.02. The maximum Gasteiger partial charge on any atom is 0.154 e. The van der Waals surface area contributed by atoms with Gasteiger partial charge in [-0.3, -0.25) is 0 Å². The van der Waals surface area contributed by atoms with Crippen LogP contribution in [0.4, 0.5) is 5.82 Å². The van der Waals surface area contributed by atoms with E-state index in [0.717, 1.165) is 22.7 Å². The minimum atomic E-state index is -0.0466. The highest BCUT2D eigenvalue weighted by atomic mass is 16.5. The van der Waals surface area contributed by atoms with E-state index in [-0.39, 0.29) is 18.8 Å². The number of imidazole rings is 1. The van der Waals surface area contributed by atoms with Crippen LogP contribution in [0.2, 0.25) is 0 Å². The predicted molar refractivity (Wildman–Crippen MR) is 104 cm³/mol. The molecule has 0 aliphatic carbocycles. The predicted octanol–water partition coefficient (Wildman–Crippen LogP) is 3.61. The van der Waals surface area contributed by atoms with Crippen LogP contribution in [0.25, 0.3) is 16.9 Å². The molecule has 0 unspecified atom stereocenters. The number of anilines is 1. The van der Waals surface area contributed by atoms with Crippen molar-refractivity contribution in [3.8, 4) is 17.0 Å². The van der Waals surface area contributed by atoms with Gasteiger partial charge in [0.1, 0.15) is 11.6 Å². The Morgan fingerprint density at radius 1 is 1.15 bits per heavy atom. The van der Waals surface area contributed by atoms with Crippen molar-refractivity contribution in [2.75, 3.05) is 11.9 Å². The van der Waals surface area contributed by atoms with Gasteiger partial charge in [-0.25, -0.2) is 9.50 Å². The number of aliphatic hydroxyl groups excluding tert-OH is 1. The highest BCUT2D eigenvalue weighted by Crippen LogP contribution is 2.25. The molecule has 3 rings (SSSR count). The molecule has 26 heavy (non-hydrogen) atoms. The normalized spacial score (nSPS) is 12.7. The number of benzene rings is 1. The summed E-state index contributed by atoms with van der Waals surface area (Å²) in [5, 5.41) is 17.5. The molecular formula is C20H26N4O2. The Hall–Kier alpha value is -2.60. The van der Waals surface area contributed by atoms with Crippen LogP contribution in [0.5, 0.6) is 5.75 Å². The first-order chi connectivity index (χ1) is 12.5. The molecule has 138 valence electrons. The first-order valence-corrected chi connectivity index (χ1v) is 8.97. The second-order valence-electron chi connectivity index (χ2n) is 7.00. The number of rotatable bonds is 7. The van der Waals surface area contributed by atoms with Gasteiger partial charge < -0.3 is 15.2 Å². The molecule has 3 aromatic rings. The van der Waals surface area contributed by atoms with E-state index in [4.69, 9.17) is 4.74 Å². The van der Waals surface area contributed by atoms with Crippen LogP contribution in [-0.4, -0.2) is 38.5 Å². The molecule has 2 N–H and O–H groups in total. The number of hydrogen-bond acceptors (Lipinski definition) is 5. The van der Waals surface area contributed by atoms with Crippen LogP contribution in [0.3, 0.4) is 0 Å². The van der Waals surface area contributed by atoms with Crippen LogP contribution in [0.1, 0.15) is 27.7 Å². The quantitative estimate of drug-likeness (QED) is 0.678. The lowest BCUT2D eigenvalue weighted by atomic mass is 10.1. The summed E-state index contributed by atoms with van der Waals surface area (Å²) in [5.41, 5.74) is 2.65. The third-order valence-electron chi connectivity index (χ3n) is 4.20. The van der Waals surface area contributed by atoms with Gasteiger partial charge in [0.2, 0.25) is 0 Å². The SMILES string of the molecule is CC(C)Oc1cccc(-c2cnc3ccc(N[C@H](CO)C(C)C)nn23)c1. The monoisotopic (exact) mass is 354 g/mol. The molecule has 1 aromatic carbocycles. The molecule has 0 saturated carbocycles. The number of ether oxygens (including phenoxy) is 1. The Morgan fingerprint density at radius 3 is 2.65 bits per heavy atom. The summed E-state index contributed by atoms with van der Waals surface area (Å²) in [6, 6.07) is 11.7. The summed E-state index contributed by atoms with van der Waals surface area (Å²) in [6.45, 7) is 8.20. The van der Waals surface area contributed by atoms with Crippen LogP contribution < -0.4 is 10.1 Å². The van der Waals surface area contributed by atoms with E-state index in [1.165, 1.54) is 0 Å². The zero-order chi connectivity index (χ0) is 18.7. The minimum absolute atomic E-state index is 0.0466. The summed E-state index contributed by atoms with van der Waals surface area (Å²) in [7, 11) is 0. The maximum atomic E-state index is 9.54. The fourth-order valence-corrected chi connectivity index (χ4v) is 2.76. The van der Waals surface area contributed by atoms with Gasteiger partial charge in [-0.1, -0.05) is 26.0 Å². The van der Waals surface area contributed by atoms with Crippen molar-refractivity contribution in [2.24, 2.45) is 5.92 Å². The number of nitrogens with zero attached hydrogens (tertiary/aromatic N) is 3. The second kappa shape index (κ2) is 7.74. The van der Waals surface area contributed by atoms with Crippen molar-refractivity contribution in [3.63, 3.8) is 0 Å². The number of nitrogens with one attached hydrogen (secondary N) is 1. The zero-order valence-electron chi connectivity index (χ0n) is 15.7. The fourth-order valence-electron chi connectivity index (χ4n) is 2.76. The molecule has 0 aliphatic heterocycles. The van der Waals surface area contributed by atoms with Crippen molar-refractivity contribution >= 4 is 11.5 Å². The van der Waals surface area contributed by atoms with Gasteiger partial charge in [-0.05, 0) is 44.0 Å². The van der Waals surface area contributed by atoms with Gasteiger partial charge >= 0.3 is 0 Å². The number of fused-ring (bicyclic) bond motifs is 1. The van der Waals surface area contributed by atoms with Crippen LogP contribution in [0.15, 0.2) is 42.6 Å². The molecule has 0 fully saturated rings. The van der Waals surface area contributed by atoms with E-state index in [0.29, 0.717) is 11.7 Å². The molecule has 2 heterocycles. The number of aliphatic hydroxyl groups is 1. The van der Waals surface area contributed by atoms with Crippen molar-refractivity contribution in [1.29, 1.82) is 0 Å². The summed E-state index contributed by atoms with van der Waals surface area (Å²) < 4.78 is 7.60. The van der Waals surface area contributed by atoms with E-state index in [1.807, 2.05) is 61.0 Å². The van der Waals surface area contributed by atoms with E-state index in [2.05, 4.69) is 29.2 Å². The second-order valence-corrected chi connectivity index (χ2v) is 7.00. The molecule has 0 bridgehead atoms. The van der Waals surface area contributed by atoms with E-state index in [9.17, 15) is 5.11 Å². The third-order valence-corrected chi connectivity index (χ3v) is 4.20. The molecule has 6 heteroatoms. The van der Waals surface area contributed by atoms with Crippen LogP contribution in [0, 0.1) is 5.92 Å². The van der Waals surface area contributed by atoms with Crippen molar-refractivity contribution in [2.45, 2.75) is 39.8 Å². The Balaban J connectivity index is 1.96. The largest absolute Gasteiger partial charge is 0.491 e. The minimum Gasteiger partial charge on any atom is -0.491 e. The summed E-state index contributed by atoms with van der Waals surface area (Å²) in [5.74, 6) is 1.82. The first kappa shape index (κ1) is 18.2. The first-order valence-electron chi connectivity index (χ1n) is 8.97. The summed E-state index contributed by atoms with van der Waals surface area (Å²) >= 11 is 0. The average molecular weight is 354 g/mol. The molecule has 0 saturated heterocycles. The van der Waals surface area contributed by atoms with Gasteiger partial charge in [0.25, 0.3) is 0 Å². The summed E-state index contributed by atoms with van der Waals surface area (Å²) in [4.78, 5) is 4.44. The molecule has 0 aliphatic rings. The van der Waals surface area contributed by atoms with Gasteiger partial charge in [-0.15, -0.1) is 5.10 Å². The summed E-state index contributed by atoms with van der Waals surface area (Å²) in [6.07, 6.45) is 1.93. The Labute approximate surface area is 153 Å². The topological polar surface area (TPSA) is 71.7 Å². The molecule has 0 amide bonds. The maximum absolute atomic E-state index is 9.54. The highest BCUT2D eigenvalue weighted by Gasteiger charge is 2.14. The third kappa shape index (κ3) is 3.96. The van der Waals surface area contributed by atoms with Crippen LogP contribution in [-0.2, 0) is 0 Å². The van der Waals surface area contributed by atoms with Gasteiger partial charge in [0, 0.05) is 5.56 Å². The fraction of sp³-hybridized carbons (Fsp3) is 0.400. The van der Waals surface area contributed by atoms with Crippen molar-refractivity contribution < 1.29 is 9.84 Å². The van der Waals surface area contributed by atoms with E-state index < -0.39 is 0 Å². The Kier molecular flexibility index (Phi) is 5.42. The molecule has 6 nitrogen and oxygen atoms in total. The lowest BCUT2D eigenvalue weighted by molar-refractivity contribution is 0.242. The highest BCUT2D eigenvalue weighted by molar-refractivity contribution is 5.65. The molecule has 1 atom stereocenters. The number of hydrogen-bond donors (Lipinski definition) is 2. The Bertz CT molecular complexity index is 873. The smallest absolute Gasteiger partial charge is 0.154 e. The van der Waals surface area contributed by atoms with Gasteiger partial charge in [0.15, 0.2) is 5.65 Å². The lowest BCUT2D eigenvalue weighted by Gasteiger charge is -2.20. The van der Waals surface area contributed by atoms with Crippen LogP contribution >= 0.6 is 0 Å². The molecule has 0 radical (unpaired) electrons.